The summed E-state index contributed by atoms with van der Waals surface area (Å²) in [5.74, 6) is 0. The van der Waals surface area contributed by atoms with Crippen LogP contribution in [-0.4, -0.2) is 31.7 Å². The minimum Gasteiger partial charge on any atom is -0.462 e. The first-order valence-corrected chi connectivity index (χ1v) is 6.30. The lowest BCUT2D eigenvalue weighted by molar-refractivity contribution is -0.138. The van der Waals surface area contributed by atoms with E-state index in [-0.39, 0.29) is 11.6 Å². The number of carbonyl (C=O) groups is 1. The van der Waals surface area contributed by atoms with Gasteiger partial charge >= 0.3 is 0 Å². The summed E-state index contributed by atoms with van der Waals surface area (Å²) in [6.07, 6.45) is 7.73. The van der Waals surface area contributed by atoms with Crippen LogP contribution in [0.3, 0.4) is 0 Å². The number of carbonyl (C=O) groups excluding carboxylic acids is 1. The van der Waals surface area contributed by atoms with E-state index in [2.05, 4.69) is 16.6 Å². The monoisotopic (exact) mass is 268 g/mol. The van der Waals surface area contributed by atoms with E-state index in [0.29, 0.717) is 13.0 Å². The normalized spacial score (nSPS) is 13.5. The van der Waals surface area contributed by atoms with Gasteiger partial charge in [-0.3, -0.25) is 4.79 Å². The standard InChI is InChI=1S/C10H18N2.C5H10O2/c1-4-6-7-9(5-2)10(8-11)12-3;1-5(2,3)7-4-6/h4-7,10,12H,1,8,11H2,2-3H3;4H,1-3H3/b7-6-,9-5+;. The third-order valence-corrected chi connectivity index (χ3v) is 2.15. The van der Waals surface area contributed by atoms with Gasteiger partial charge in [-0.1, -0.05) is 30.9 Å². The molecule has 0 aromatic carbocycles. The lowest BCUT2D eigenvalue weighted by atomic mass is 10.1. The maximum atomic E-state index is 9.60. The Kier molecular flexibility index (Phi) is 12.3. The summed E-state index contributed by atoms with van der Waals surface area (Å²) >= 11 is 0. The molecule has 0 aliphatic carbocycles. The first kappa shape index (κ1) is 19.9. The predicted molar refractivity (Wildman–Crippen MR) is 81.9 cm³/mol. The van der Waals surface area contributed by atoms with E-state index in [0.717, 1.165) is 0 Å². The smallest absolute Gasteiger partial charge is 0.293 e. The van der Waals surface area contributed by atoms with E-state index in [9.17, 15) is 4.79 Å². The molecule has 3 N–H and O–H groups in total. The summed E-state index contributed by atoms with van der Waals surface area (Å²) in [7, 11) is 1.91. The average Bonchev–Trinajstić information content (AvgIpc) is 2.34. The molecule has 0 aromatic rings. The summed E-state index contributed by atoms with van der Waals surface area (Å²) in [6, 6.07) is 0.242. The molecule has 0 radical (unpaired) electrons. The maximum absolute atomic E-state index is 9.60. The van der Waals surface area contributed by atoms with Crippen molar-refractivity contribution >= 4 is 6.47 Å². The van der Waals surface area contributed by atoms with Crippen LogP contribution in [0.25, 0.3) is 0 Å². The number of ether oxygens (including phenoxy) is 1. The van der Waals surface area contributed by atoms with E-state index in [1.165, 1.54) is 5.57 Å². The predicted octanol–water partition coefficient (Wildman–Crippen LogP) is 2.18. The highest BCUT2D eigenvalue weighted by Crippen LogP contribution is 2.03. The van der Waals surface area contributed by atoms with Gasteiger partial charge in [-0.05, 0) is 40.3 Å². The van der Waals surface area contributed by atoms with Crippen LogP contribution >= 0.6 is 0 Å². The van der Waals surface area contributed by atoms with Crippen LogP contribution in [0.1, 0.15) is 27.7 Å². The maximum Gasteiger partial charge on any atom is 0.293 e. The van der Waals surface area contributed by atoms with Crippen molar-refractivity contribution in [3.63, 3.8) is 0 Å². The molecule has 0 amide bonds. The van der Waals surface area contributed by atoms with E-state index in [1.54, 1.807) is 6.08 Å². The SMILES string of the molecule is C=C/C=C\C(=C/C)C(CN)NC.CC(C)(C)OC=O. The molecule has 4 nitrogen and oxygen atoms in total. The second-order valence-electron chi connectivity index (χ2n) is 4.79. The van der Waals surface area contributed by atoms with Gasteiger partial charge < -0.3 is 15.8 Å². The van der Waals surface area contributed by atoms with Gasteiger partial charge in [0, 0.05) is 12.6 Å². The first-order valence-electron chi connectivity index (χ1n) is 6.30. The van der Waals surface area contributed by atoms with Crippen LogP contribution in [-0.2, 0) is 9.53 Å². The van der Waals surface area contributed by atoms with Gasteiger partial charge in [-0.25, -0.2) is 0 Å². The number of hydrogen-bond donors (Lipinski definition) is 2. The number of hydrogen-bond acceptors (Lipinski definition) is 4. The molecule has 0 heterocycles. The van der Waals surface area contributed by atoms with Crippen LogP contribution in [0.15, 0.2) is 36.5 Å². The molecule has 110 valence electrons. The fourth-order valence-electron chi connectivity index (χ4n) is 1.16. The molecule has 0 spiro atoms. The minimum absolute atomic E-state index is 0.242. The van der Waals surface area contributed by atoms with E-state index in [4.69, 9.17) is 5.73 Å². The Bertz CT molecular complexity index is 298. The van der Waals surface area contributed by atoms with Crippen LogP contribution in [0.4, 0.5) is 0 Å². The van der Waals surface area contributed by atoms with Crippen molar-refractivity contribution in [1.82, 2.24) is 5.32 Å². The zero-order chi connectivity index (χ0) is 15.3. The highest BCUT2D eigenvalue weighted by molar-refractivity contribution is 5.37. The second kappa shape index (κ2) is 11.7. The first-order chi connectivity index (χ1) is 8.86. The van der Waals surface area contributed by atoms with E-state index >= 15 is 0 Å². The van der Waals surface area contributed by atoms with Gasteiger partial charge in [-0.15, -0.1) is 0 Å². The fraction of sp³-hybridized carbons (Fsp3) is 0.533. The Morgan fingerprint density at radius 1 is 1.47 bits per heavy atom. The van der Waals surface area contributed by atoms with Crippen molar-refractivity contribution < 1.29 is 9.53 Å². The molecule has 0 fully saturated rings. The zero-order valence-electron chi connectivity index (χ0n) is 12.8. The van der Waals surface area contributed by atoms with Gasteiger partial charge in [0.2, 0.25) is 0 Å². The Balaban J connectivity index is 0. The van der Waals surface area contributed by atoms with E-state index < -0.39 is 0 Å². The lowest BCUT2D eigenvalue weighted by Gasteiger charge is -2.14. The highest BCUT2D eigenvalue weighted by atomic mass is 16.5. The lowest BCUT2D eigenvalue weighted by Crippen LogP contribution is -2.34. The van der Waals surface area contributed by atoms with Crippen molar-refractivity contribution in [2.24, 2.45) is 5.73 Å². The molecular formula is C15H28N2O2. The summed E-state index contributed by atoms with van der Waals surface area (Å²) in [6.45, 7) is 12.1. The topological polar surface area (TPSA) is 64.3 Å². The van der Waals surface area contributed by atoms with Crippen molar-refractivity contribution in [3.8, 4) is 0 Å². The number of nitrogens with two attached hydrogens (primary N) is 1. The van der Waals surface area contributed by atoms with E-state index in [1.807, 2.05) is 53.0 Å². The third kappa shape index (κ3) is 12.9. The molecule has 0 rings (SSSR count). The molecule has 0 aromatic heterocycles. The third-order valence-electron chi connectivity index (χ3n) is 2.15. The molecule has 0 aliphatic heterocycles. The minimum atomic E-state index is -0.318. The summed E-state index contributed by atoms with van der Waals surface area (Å²) in [4.78, 5) is 9.60. The number of nitrogens with one attached hydrogen (secondary N) is 1. The number of rotatable bonds is 6. The van der Waals surface area contributed by atoms with Gasteiger partial charge in [0.05, 0.1) is 0 Å². The van der Waals surface area contributed by atoms with Crippen molar-refractivity contribution in [1.29, 1.82) is 0 Å². The Labute approximate surface area is 117 Å². The largest absolute Gasteiger partial charge is 0.462 e. The van der Waals surface area contributed by atoms with Crippen LogP contribution in [0, 0.1) is 0 Å². The zero-order valence-corrected chi connectivity index (χ0v) is 12.8. The number of likely N-dealkylation sites (N-methyl/N-ethyl adjacent to an activating group) is 1. The molecule has 0 saturated heterocycles. The van der Waals surface area contributed by atoms with Crippen molar-refractivity contribution in [2.45, 2.75) is 39.3 Å². The molecular weight excluding hydrogens is 240 g/mol. The second-order valence-corrected chi connectivity index (χ2v) is 4.79. The van der Waals surface area contributed by atoms with Crippen LogP contribution in [0.2, 0.25) is 0 Å². The summed E-state index contributed by atoms with van der Waals surface area (Å²) in [5, 5.41) is 3.13. The molecule has 0 bridgehead atoms. The highest BCUT2D eigenvalue weighted by Gasteiger charge is 2.07. The molecule has 4 heteroatoms. The molecule has 1 atom stereocenters. The Morgan fingerprint density at radius 2 is 2.05 bits per heavy atom. The quantitative estimate of drug-likeness (QED) is 0.572. The molecule has 0 saturated carbocycles. The molecule has 1 unspecified atom stereocenters. The summed E-state index contributed by atoms with van der Waals surface area (Å²) in [5.41, 5.74) is 6.45. The van der Waals surface area contributed by atoms with Crippen LogP contribution in [0.5, 0.6) is 0 Å². The number of allylic oxidation sites excluding steroid dienone is 3. The summed E-state index contributed by atoms with van der Waals surface area (Å²) < 4.78 is 4.55. The molecule has 19 heavy (non-hydrogen) atoms. The fourth-order valence-corrected chi connectivity index (χ4v) is 1.16. The molecule has 0 aliphatic rings. The van der Waals surface area contributed by atoms with Crippen LogP contribution < -0.4 is 11.1 Å². The van der Waals surface area contributed by atoms with Crippen molar-refractivity contribution in [3.05, 3.63) is 36.5 Å². The Hall–Kier alpha value is -1.39. The van der Waals surface area contributed by atoms with Gasteiger partial charge in [0.15, 0.2) is 0 Å². The average molecular weight is 268 g/mol. The van der Waals surface area contributed by atoms with Gasteiger partial charge in [0.1, 0.15) is 5.60 Å². The van der Waals surface area contributed by atoms with Gasteiger partial charge in [-0.2, -0.15) is 0 Å². The van der Waals surface area contributed by atoms with Gasteiger partial charge in [0.25, 0.3) is 6.47 Å². The Morgan fingerprint density at radius 3 is 2.26 bits per heavy atom. The van der Waals surface area contributed by atoms with Crippen molar-refractivity contribution in [2.75, 3.05) is 13.6 Å².